The van der Waals surface area contributed by atoms with E-state index in [4.69, 9.17) is 9.84 Å². The van der Waals surface area contributed by atoms with Gasteiger partial charge in [-0.3, -0.25) is 9.59 Å². The lowest BCUT2D eigenvalue weighted by molar-refractivity contribution is -0.152. The predicted molar refractivity (Wildman–Crippen MR) is 116 cm³/mol. The highest BCUT2D eigenvalue weighted by Crippen LogP contribution is 2.18. The largest absolute Gasteiger partial charge is 0.481 e. The summed E-state index contributed by atoms with van der Waals surface area (Å²) in [5.41, 5.74) is 0. The zero-order valence-corrected chi connectivity index (χ0v) is 18.0. The summed E-state index contributed by atoms with van der Waals surface area (Å²) in [4.78, 5) is 22.8. The van der Waals surface area contributed by atoms with Gasteiger partial charge in [-0.25, -0.2) is 0 Å². The number of esters is 1. The number of carbonyl (C=O) groups excluding carboxylic acids is 1. The first-order chi connectivity index (χ1) is 13.6. The Labute approximate surface area is 172 Å². The molecule has 0 fully saturated rings. The van der Waals surface area contributed by atoms with E-state index in [-0.39, 0.29) is 13.0 Å². The first-order valence-corrected chi connectivity index (χ1v) is 11.3. The molecule has 0 radical (unpaired) electrons. The van der Waals surface area contributed by atoms with Crippen LogP contribution in [0, 0.1) is 5.92 Å². The van der Waals surface area contributed by atoms with E-state index >= 15 is 0 Å². The first kappa shape index (κ1) is 26.4. The van der Waals surface area contributed by atoms with Crippen LogP contribution in [0.15, 0.2) is 24.8 Å². The SMILES string of the molecule is C=CCOC(=O)C(CCCCCCCCCC/C=C/CCCCC)CC(=O)O. The van der Waals surface area contributed by atoms with Crippen LogP contribution in [0.1, 0.15) is 103 Å². The van der Waals surface area contributed by atoms with E-state index in [2.05, 4.69) is 25.7 Å². The highest BCUT2D eigenvalue weighted by Gasteiger charge is 2.22. The van der Waals surface area contributed by atoms with E-state index in [1.807, 2.05) is 0 Å². The minimum Gasteiger partial charge on any atom is -0.481 e. The van der Waals surface area contributed by atoms with Gasteiger partial charge in [0, 0.05) is 0 Å². The third-order valence-corrected chi connectivity index (χ3v) is 4.91. The first-order valence-electron chi connectivity index (χ1n) is 11.3. The Hall–Kier alpha value is -1.58. The number of ether oxygens (including phenoxy) is 1. The van der Waals surface area contributed by atoms with Crippen molar-refractivity contribution in [2.24, 2.45) is 5.92 Å². The molecule has 4 heteroatoms. The number of hydrogen-bond donors (Lipinski definition) is 1. The zero-order chi connectivity index (χ0) is 20.9. The van der Waals surface area contributed by atoms with Gasteiger partial charge >= 0.3 is 11.9 Å². The number of carbonyl (C=O) groups is 2. The third-order valence-electron chi connectivity index (χ3n) is 4.91. The molecule has 28 heavy (non-hydrogen) atoms. The molecule has 162 valence electrons. The topological polar surface area (TPSA) is 63.6 Å². The van der Waals surface area contributed by atoms with Crippen molar-refractivity contribution in [2.75, 3.05) is 6.61 Å². The molecule has 0 aromatic rings. The summed E-state index contributed by atoms with van der Waals surface area (Å²) in [6, 6.07) is 0. The van der Waals surface area contributed by atoms with Gasteiger partial charge in [-0.15, -0.1) is 0 Å². The monoisotopic (exact) mass is 394 g/mol. The number of unbranched alkanes of at least 4 members (excludes halogenated alkanes) is 11. The lowest BCUT2D eigenvalue weighted by Gasteiger charge is -2.13. The molecule has 1 unspecified atom stereocenters. The Kier molecular flexibility index (Phi) is 19.0. The van der Waals surface area contributed by atoms with Crippen molar-refractivity contribution in [2.45, 2.75) is 103 Å². The van der Waals surface area contributed by atoms with Crippen molar-refractivity contribution >= 4 is 11.9 Å². The molecule has 0 bridgehead atoms. The van der Waals surface area contributed by atoms with Crippen molar-refractivity contribution in [3.05, 3.63) is 24.8 Å². The van der Waals surface area contributed by atoms with Gasteiger partial charge in [0.15, 0.2) is 0 Å². The van der Waals surface area contributed by atoms with Gasteiger partial charge < -0.3 is 9.84 Å². The quantitative estimate of drug-likeness (QED) is 0.139. The average Bonchev–Trinajstić information content (AvgIpc) is 2.67. The second-order valence-corrected chi connectivity index (χ2v) is 7.59. The molecule has 4 nitrogen and oxygen atoms in total. The van der Waals surface area contributed by atoms with E-state index in [9.17, 15) is 9.59 Å². The van der Waals surface area contributed by atoms with Gasteiger partial charge in [0.05, 0.1) is 12.3 Å². The van der Waals surface area contributed by atoms with Gasteiger partial charge in [0.1, 0.15) is 6.61 Å². The number of carboxylic acids is 1. The van der Waals surface area contributed by atoms with Crippen LogP contribution in [0.3, 0.4) is 0 Å². The Bertz CT molecular complexity index is 428. The normalized spacial score (nSPS) is 12.2. The molecule has 0 aromatic carbocycles. The van der Waals surface area contributed by atoms with E-state index < -0.39 is 17.9 Å². The minimum absolute atomic E-state index is 0.142. The smallest absolute Gasteiger partial charge is 0.309 e. The second kappa shape index (κ2) is 20.2. The number of hydrogen-bond acceptors (Lipinski definition) is 3. The standard InChI is InChI=1S/C24H42O4/c1-3-5-6-7-8-9-10-11-12-13-14-15-16-17-18-19-22(21-23(25)26)24(27)28-20-4-2/h4,8-9,22H,2-3,5-7,10-21H2,1H3,(H,25,26)/b9-8+. The van der Waals surface area contributed by atoms with Crippen molar-refractivity contribution in [3.8, 4) is 0 Å². The maximum absolute atomic E-state index is 11.9. The van der Waals surface area contributed by atoms with Crippen molar-refractivity contribution in [1.82, 2.24) is 0 Å². The molecule has 0 aliphatic rings. The fourth-order valence-electron chi connectivity index (χ4n) is 3.23. The molecule has 0 amide bonds. The third kappa shape index (κ3) is 17.8. The molecule has 0 saturated heterocycles. The van der Waals surface area contributed by atoms with E-state index in [0.29, 0.717) is 6.42 Å². The van der Waals surface area contributed by atoms with Gasteiger partial charge in [0.25, 0.3) is 0 Å². The lowest BCUT2D eigenvalue weighted by atomic mass is 9.97. The van der Waals surface area contributed by atoms with Crippen LogP contribution in [0.4, 0.5) is 0 Å². The number of allylic oxidation sites excluding steroid dienone is 2. The molecular weight excluding hydrogens is 352 g/mol. The molecule has 0 aliphatic heterocycles. The Balaban J connectivity index is 3.58. The highest BCUT2D eigenvalue weighted by molar-refractivity contribution is 5.79. The second-order valence-electron chi connectivity index (χ2n) is 7.59. The summed E-state index contributed by atoms with van der Waals surface area (Å²) in [5, 5.41) is 8.95. The van der Waals surface area contributed by atoms with Gasteiger partial charge in [-0.05, 0) is 32.1 Å². The molecule has 0 aromatic heterocycles. The van der Waals surface area contributed by atoms with Crippen LogP contribution in [0.5, 0.6) is 0 Å². The summed E-state index contributed by atoms with van der Waals surface area (Å²) in [6.45, 7) is 5.88. The van der Waals surface area contributed by atoms with Crippen LogP contribution < -0.4 is 0 Å². The average molecular weight is 395 g/mol. The fourth-order valence-corrected chi connectivity index (χ4v) is 3.23. The molecule has 0 heterocycles. The van der Waals surface area contributed by atoms with E-state index in [1.54, 1.807) is 0 Å². The lowest BCUT2D eigenvalue weighted by Crippen LogP contribution is -2.21. The predicted octanol–water partition coefficient (Wildman–Crippen LogP) is 6.84. The fraction of sp³-hybridized carbons (Fsp3) is 0.750. The van der Waals surface area contributed by atoms with E-state index in [0.717, 1.165) is 19.3 Å². The molecular formula is C24H42O4. The van der Waals surface area contributed by atoms with Gasteiger partial charge in [-0.2, -0.15) is 0 Å². The van der Waals surface area contributed by atoms with Crippen LogP contribution in [-0.2, 0) is 14.3 Å². The molecule has 1 atom stereocenters. The zero-order valence-electron chi connectivity index (χ0n) is 18.0. The summed E-state index contributed by atoms with van der Waals surface area (Å²) in [5.74, 6) is -1.90. The maximum atomic E-state index is 11.9. The number of rotatable bonds is 20. The maximum Gasteiger partial charge on any atom is 0.309 e. The van der Waals surface area contributed by atoms with Gasteiger partial charge in [0.2, 0.25) is 0 Å². The number of carboxylic acid groups (broad SMARTS) is 1. The molecule has 0 spiro atoms. The molecule has 0 aliphatic carbocycles. The van der Waals surface area contributed by atoms with Crippen molar-refractivity contribution < 1.29 is 19.4 Å². The Morgan fingerprint density at radius 2 is 1.43 bits per heavy atom. The molecule has 1 N–H and O–H groups in total. The molecule has 0 saturated carbocycles. The van der Waals surface area contributed by atoms with Gasteiger partial charge in [-0.1, -0.05) is 89.5 Å². The summed E-state index contributed by atoms with van der Waals surface area (Å²) in [7, 11) is 0. The summed E-state index contributed by atoms with van der Waals surface area (Å²) in [6.07, 6.45) is 22.4. The van der Waals surface area contributed by atoms with Crippen LogP contribution in [0.25, 0.3) is 0 Å². The molecule has 0 rings (SSSR count). The highest BCUT2D eigenvalue weighted by atomic mass is 16.5. The summed E-state index contributed by atoms with van der Waals surface area (Å²) < 4.78 is 5.00. The van der Waals surface area contributed by atoms with Crippen LogP contribution in [0.2, 0.25) is 0 Å². The van der Waals surface area contributed by atoms with Crippen molar-refractivity contribution in [3.63, 3.8) is 0 Å². The van der Waals surface area contributed by atoms with Crippen LogP contribution in [-0.4, -0.2) is 23.7 Å². The Morgan fingerprint density at radius 1 is 0.893 bits per heavy atom. The minimum atomic E-state index is -0.948. The van der Waals surface area contributed by atoms with Crippen LogP contribution >= 0.6 is 0 Å². The van der Waals surface area contributed by atoms with Crippen molar-refractivity contribution in [1.29, 1.82) is 0 Å². The Morgan fingerprint density at radius 3 is 1.96 bits per heavy atom. The summed E-state index contributed by atoms with van der Waals surface area (Å²) >= 11 is 0. The number of aliphatic carboxylic acids is 1. The van der Waals surface area contributed by atoms with E-state index in [1.165, 1.54) is 70.3 Å².